The fourth-order valence-corrected chi connectivity index (χ4v) is 1.44. The van der Waals surface area contributed by atoms with Crippen LogP contribution in [0.15, 0.2) is 24.5 Å². The average Bonchev–Trinajstić information content (AvgIpc) is 2.76. The monoisotopic (exact) mass is 273 g/mol. The summed E-state index contributed by atoms with van der Waals surface area (Å²) in [6, 6.07) is 2.96. The van der Waals surface area contributed by atoms with Crippen molar-refractivity contribution >= 4 is 0 Å². The van der Waals surface area contributed by atoms with Crippen molar-refractivity contribution in [2.75, 3.05) is 0 Å². The highest BCUT2D eigenvalue weighted by molar-refractivity contribution is 5.42. The maximum Gasteiger partial charge on any atom is 0.419 e. The highest BCUT2D eigenvalue weighted by Gasteiger charge is 2.32. The van der Waals surface area contributed by atoms with Gasteiger partial charge in [-0.1, -0.05) is 0 Å². The zero-order valence-electron chi connectivity index (χ0n) is 9.04. The van der Waals surface area contributed by atoms with Crippen LogP contribution in [0.5, 0.6) is 0 Å². The van der Waals surface area contributed by atoms with Gasteiger partial charge in [-0.25, -0.2) is 13.5 Å². The first-order valence-corrected chi connectivity index (χ1v) is 4.84. The van der Waals surface area contributed by atoms with Crippen molar-refractivity contribution in [2.45, 2.75) is 6.18 Å². The van der Waals surface area contributed by atoms with Crippen molar-refractivity contribution < 1.29 is 22.0 Å². The van der Waals surface area contributed by atoms with E-state index in [1.807, 2.05) is 0 Å². The fraction of sp³-hybridized carbons (Fsp3) is 0.0909. The first-order chi connectivity index (χ1) is 8.82. The van der Waals surface area contributed by atoms with Crippen LogP contribution >= 0.6 is 0 Å². The van der Waals surface area contributed by atoms with Crippen molar-refractivity contribution in [3.63, 3.8) is 0 Å². The van der Waals surface area contributed by atoms with Gasteiger partial charge in [0.25, 0.3) is 0 Å². The van der Waals surface area contributed by atoms with Gasteiger partial charge in [0, 0.05) is 6.20 Å². The molecule has 1 heterocycles. The highest BCUT2D eigenvalue weighted by Crippen LogP contribution is 2.30. The molecule has 0 amide bonds. The van der Waals surface area contributed by atoms with Crippen LogP contribution in [0.25, 0.3) is 5.69 Å². The summed E-state index contributed by atoms with van der Waals surface area (Å²) in [6.45, 7) is 0. The van der Waals surface area contributed by atoms with E-state index in [1.54, 1.807) is 0 Å². The molecule has 0 fully saturated rings. The molecule has 2 aromatic rings. The Hall–Kier alpha value is -2.43. The van der Waals surface area contributed by atoms with Gasteiger partial charge in [-0.2, -0.15) is 23.5 Å². The molecule has 0 aliphatic carbocycles. The summed E-state index contributed by atoms with van der Waals surface area (Å²) in [6.07, 6.45) is -3.73. The first-order valence-electron chi connectivity index (χ1n) is 4.84. The molecule has 2 rings (SSSR count). The molecule has 0 saturated heterocycles. The Morgan fingerprint density at radius 3 is 2.16 bits per heavy atom. The fourth-order valence-electron chi connectivity index (χ4n) is 1.44. The molecule has 8 heteroatoms. The third kappa shape index (κ3) is 2.40. The Morgan fingerprint density at radius 1 is 1.16 bits per heavy atom. The minimum atomic E-state index is -4.65. The second kappa shape index (κ2) is 4.35. The van der Waals surface area contributed by atoms with Crippen molar-refractivity contribution in [1.29, 1.82) is 5.26 Å². The number of rotatable bonds is 1. The molecule has 0 radical (unpaired) electrons. The van der Waals surface area contributed by atoms with Crippen molar-refractivity contribution in [1.82, 2.24) is 9.78 Å². The second-order valence-corrected chi connectivity index (χ2v) is 3.57. The summed E-state index contributed by atoms with van der Waals surface area (Å²) >= 11 is 0. The Kier molecular flexibility index (Phi) is 2.98. The lowest BCUT2D eigenvalue weighted by Crippen LogP contribution is -2.05. The number of benzene rings is 1. The molecule has 0 unspecified atom stereocenters. The smallest absolute Gasteiger partial charge is 0.234 e. The normalized spacial score (nSPS) is 11.4. The first kappa shape index (κ1) is 13.0. The van der Waals surface area contributed by atoms with Crippen LogP contribution in [0.3, 0.4) is 0 Å². The van der Waals surface area contributed by atoms with Crippen LogP contribution in [-0.4, -0.2) is 9.78 Å². The molecule has 0 N–H and O–H groups in total. The standard InChI is InChI=1S/C11H4F5N3/c12-8-1-6(3-17)2-9(13)10(8)19-5-7(4-18-19)11(14,15)16/h1-2,4-5H. The molecule has 3 nitrogen and oxygen atoms in total. The van der Waals surface area contributed by atoms with Crippen molar-refractivity contribution in [3.8, 4) is 11.8 Å². The lowest BCUT2D eigenvalue weighted by molar-refractivity contribution is -0.137. The van der Waals surface area contributed by atoms with Gasteiger partial charge >= 0.3 is 6.18 Å². The predicted molar refractivity (Wildman–Crippen MR) is 53.2 cm³/mol. The number of nitrogens with zero attached hydrogens (tertiary/aromatic N) is 3. The lowest BCUT2D eigenvalue weighted by atomic mass is 10.2. The molecule has 19 heavy (non-hydrogen) atoms. The summed E-state index contributed by atoms with van der Waals surface area (Å²) in [5.74, 6) is -2.35. The minimum Gasteiger partial charge on any atom is -0.234 e. The Labute approximate surface area is 103 Å². The van der Waals surface area contributed by atoms with Gasteiger partial charge in [0.2, 0.25) is 0 Å². The van der Waals surface area contributed by atoms with E-state index < -0.39 is 29.1 Å². The van der Waals surface area contributed by atoms with Crippen LogP contribution < -0.4 is 0 Å². The molecule has 0 bridgehead atoms. The van der Waals surface area contributed by atoms with Crippen LogP contribution in [0, 0.1) is 23.0 Å². The van der Waals surface area contributed by atoms with Crippen LogP contribution in [-0.2, 0) is 6.18 Å². The van der Waals surface area contributed by atoms with E-state index in [2.05, 4.69) is 5.10 Å². The van der Waals surface area contributed by atoms with Gasteiger partial charge < -0.3 is 0 Å². The van der Waals surface area contributed by atoms with E-state index >= 15 is 0 Å². The molecule has 0 aliphatic heterocycles. The zero-order chi connectivity index (χ0) is 14.2. The SMILES string of the molecule is N#Cc1cc(F)c(-n2cc(C(F)(F)F)cn2)c(F)c1. The molecule has 0 aliphatic rings. The Balaban J connectivity index is 2.55. The van der Waals surface area contributed by atoms with E-state index in [9.17, 15) is 22.0 Å². The van der Waals surface area contributed by atoms with E-state index in [1.165, 1.54) is 6.07 Å². The summed E-state index contributed by atoms with van der Waals surface area (Å²) in [4.78, 5) is 0. The van der Waals surface area contributed by atoms with E-state index in [0.717, 1.165) is 0 Å². The molecule has 1 aromatic carbocycles. The minimum absolute atomic E-state index is 0.276. The number of nitriles is 1. The van der Waals surface area contributed by atoms with Crippen LogP contribution in [0.4, 0.5) is 22.0 Å². The van der Waals surface area contributed by atoms with Gasteiger partial charge in [-0.3, -0.25) is 0 Å². The van der Waals surface area contributed by atoms with Crippen molar-refractivity contribution in [2.24, 2.45) is 0 Å². The van der Waals surface area contributed by atoms with E-state index in [0.29, 0.717) is 29.2 Å². The molecule has 98 valence electrons. The molecular formula is C11H4F5N3. The molecule has 1 aromatic heterocycles. The summed E-state index contributed by atoms with van der Waals surface area (Å²) in [5.41, 5.74) is -2.17. The maximum atomic E-state index is 13.6. The number of hydrogen-bond donors (Lipinski definition) is 0. The molecule has 0 spiro atoms. The summed E-state index contributed by atoms with van der Waals surface area (Å²) in [5, 5.41) is 11.8. The zero-order valence-corrected chi connectivity index (χ0v) is 9.04. The maximum absolute atomic E-state index is 13.6. The number of aromatic nitrogens is 2. The Morgan fingerprint density at radius 2 is 1.74 bits per heavy atom. The lowest BCUT2D eigenvalue weighted by Gasteiger charge is -2.05. The molecule has 0 saturated carbocycles. The van der Waals surface area contributed by atoms with Gasteiger partial charge in [0.1, 0.15) is 5.69 Å². The van der Waals surface area contributed by atoms with Crippen LogP contribution in [0.1, 0.15) is 11.1 Å². The summed E-state index contributed by atoms with van der Waals surface area (Å²) < 4.78 is 64.6. The molecular weight excluding hydrogens is 269 g/mol. The highest BCUT2D eigenvalue weighted by atomic mass is 19.4. The number of halogens is 5. The average molecular weight is 273 g/mol. The number of hydrogen-bond acceptors (Lipinski definition) is 2. The van der Waals surface area contributed by atoms with Gasteiger partial charge in [-0.05, 0) is 12.1 Å². The molecule has 0 atom stereocenters. The topological polar surface area (TPSA) is 41.6 Å². The largest absolute Gasteiger partial charge is 0.419 e. The van der Waals surface area contributed by atoms with Gasteiger partial charge in [-0.15, -0.1) is 0 Å². The van der Waals surface area contributed by atoms with Crippen LogP contribution in [0.2, 0.25) is 0 Å². The predicted octanol–water partition coefficient (Wildman–Crippen LogP) is 3.04. The van der Waals surface area contributed by atoms with Gasteiger partial charge in [0.15, 0.2) is 11.6 Å². The summed E-state index contributed by atoms with van der Waals surface area (Å²) in [7, 11) is 0. The van der Waals surface area contributed by atoms with Gasteiger partial charge in [0.05, 0.1) is 23.4 Å². The quantitative estimate of drug-likeness (QED) is 0.749. The van der Waals surface area contributed by atoms with Crippen molar-refractivity contribution in [3.05, 3.63) is 47.3 Å². The third-order valence-corrected chi connectivity index (χ3v) is 2.29. The second-order valence-electron chi connectivity index (χ2n) is 3.57. The van der Waals surface area contributed by atoms with E-state index in [4.69, 9.17) is 5.26 Å². The van der Waals surface area contributed by atoms with E-state index in [-0.39, 0.29) is 5.56 Å². The third-order valence-electron chi connectivity index (χ3n) is 2.29. The Bertz CT molecular complexity index is 643. The number of alkyl halides is 3.